The normalized spacial score (nSPS) is 32.6. The molecule has 3 atom stereocenters. The van der Waals surface area contributed by atoms with Gasteiger partial charge in [0.1, 0.15) is 14.0 Å². The van der Waals surface area contributed by atoms with E-state index in [1.165, 1.54) is 0 Å². The standard InChI is InChI=1S/C13H27BO3/c1-8(2)15-7-10-11(16-9(3)4)13(5,6)12(14)17-10/h8-12H,7,14H2,1-6H3. The molecule has 1 aliphatic rings. The van der Waals surface area contributed by atoms with Crippen LogP contribution in [0.4, 0.5) is 0 Å². The first-order valence-corrected chi connectivity index (χ1v) is 6.67. The Morgan fingerprint density at radius 2 is 1.76 bits per heavy atom. The van der Waals surface area contributed by atoms with Crippen LogP contribution >= 0.6 is 0 Å². The minimum absolute atomic E-state index is 0.0370. The van der Waals surface area contributed by atoms with Gasteiger partial charge in [0.15, 0.2) is 0 Å². The monoisotopic (exact) mass is 242 g/mol. The van der Waals surface area contributed by atoms with Gasteiger partial charge in [-0.2, -0.15) is 0 Å². The third-order valence-corrected chi connectivity index (χ3v) is 3.51. The summed E-state index contributed by atoms with van der Waals surface area (Å²) in [6.07, 6.45) is 0.605. The zero-order chi connectivity index (χ0) is 13.2. The van der Waals surface area contributed by atoms with Gasteiger partial charge in [-0.15, -0.1) is 0 Å². The van der Waals surface area contributed by atoms with Crippen molar-refractivity contribution in [1.29, 1.82) is 0 Å². The third kappa shape index (κ3) is 3.70. The van der Waals surface area contributed by atoms with Gasteiger partial charge in [0.25, 0.3) is 0 Å². The molecule has 1 fully saturated rings. The average molecular weight is 242 g/mol. The van der Waals surface area contributed by atoms with Crippen molar-refractivity contribution in [2.45, 2.75) is 72.0 Å². The SMILES string of the molecule is BC1OC(COC(C)C)C(OC(C)C)C1(C)C. The highest BCUT2D eigenvalue weighted by molar-refractivity contribution is 6.11. The number of hydrogen-bond acceptors (Lipinski definition) is 3. The van der Waals surface area contributed by atoms with E-state index in [9.17, 15) is 0 Å². The Bertz CT molecular complexity index is 241. The van der Waals surface area contributed by atoms with Gasteiger partial charge in [0.05, 0.1) is 24.9 Å². The molecule has 0 radical (unpaired) electrons. The highest BCUT2D eigenvalue weighted by atomic mass is 16.6. The van der Waals surface area contributed by atoms with Crippen molar-refractivity contribution < 1.29 is 14.2 Å². The minimum atomic E-state index is 0.0370. The van der Waals surface area contributed by atoms with Crippen LogP contribution in [0, 0.1) is 5.41 Å². The van der Waals surface area contributed by atoms with Crippen LogP contribution in [0.15, 0.2) is 0 Å². The second-order valence-electron chi connectivity index (χ2n) is 6.13. The topological polar surface area (TPSA) is 27.7 Å². The van der Waals surface area contributed by atoms with Gasteiger partial charge in [-0.05, 0) is 27.7 Å². The fraction of sp³-hybridized carbons (Fsp3) is 1.00. The van der Waals surface area contributed by atoms with Crippen LogP contribution in [0.3, 0.4) is 0 Å². The van der Waals surface area contributed by atoms with Crippen molar-refractivity contribution in [2.75, 3.05) is 6.61 Å². The quantitative estimate of drug-likeness (QED) is 0.685. The van der Waals surface area contributed by atoms with Gasteiger partial charge >= 0.3 is 0 Å². The summed E-state index contributed by atoms with van der Waals surface area (Å²) in [5, 5.41) is 0. The lowest BCUT2D eigenvalue weighted by molar-refractivity contribution is -0.0923. The maximum absolute atomic E-state index is 6.04. The second-order valence-corrected chi connectivity index (χ2v) is 6.13. The van der Waals surface area contributed by atoms with Crippen molar-refractivity contribution in [3.8, 4) is 0 Å². The van der Waals surface area contributed by atoms with E-state index >= 15 is 0 Å². The largest absolute Gasteiger partial charge is 0.378 e. The zero-order valence-electron chi connectivity index (χ0n) is 12.3. The number of hydrogen-bond donors (Lipinski definition) is 0. The van der Waals surface area contributed by atoms with E-state index in [1.807, 2.05) is 13.8 Å². The van der Waals surface area contributed by atoms with Crippen molar-refractivity contribution in [3.05, 3.63) is 0 Å². The van der Waals surface area contributed by atoms with Gasteiger partial charge in [-0.25, -0.2) is 0 Å². The molecule has 0 bridgehead atoms. The summed E-state index contributed by atoms with van der Waals surface area (Å²) in [5.74, 6) is 0. The van der Waals surface area contributed by atoms with Crippen LogP contribution in [-0.4, -0.2) is 44.9 Å². The highest BCUT2D eigenvalue weighted by Crippen LogP contribution is 2.39. The predicted octanol–water partition coefficient (Wildman–Crippen LogP) is 1.59. The Hall–Kier alpha value is -0.0551. The lowest BCUT2D eigenvalue weighted by atomic mass is 9.73. The molecule has 3 nitrogen and oxygen atoms in total. The fourth-order valence-corrected chi connectivity index (χ4v) is 2.19. The van der Waals surface area contributed by atoms with Crippen LogP contribution in [0.2, 0.25) is 0 Å². The molecule has 0 spiro atoms. The molecule has 0 aliphatic carbocycles. The van der Waals surface area contributed by atoms with Gasteiger partial charge in [0.2, 0.25) is 0 Å². The number of ether oxygens (including phenoxy) is 3. The molecule has 1 rings (SSSR count). The minimum Gasteiger partial charge on any atom is -0.378 e. The Morgan fingerprint density at radius 3 is 2.24 bits per heavy atom. The molecule has 0 aromatic rings. The first-order valence-electron chi connectivity index (χ1n) is 6.67. The van der Waals surface area contributed by atoms with Crippen LogP contribution in [0.5, 0.6) is 0 Å². The van der Waals surface area contributed by atoms with E-state index in [0.29, 0.717) is 6.61 Å². The predicted molar refractivity (Wildman–Crippen MR) is 72.1 cm³/mol. The van der Waals surface area contributed by atoms with Gasteiger partial charge in [-0.3, -0.25) is 0 Å². The first kappa shape index (κ1) is 15.0. The fourth-order valence-electron chi connectivity index (χ4n) is 2.19. The summed E-state index contributed by atoms with van der Waals surface area (Å²) >= 11 is 0. The summed E-state index contributed by atoms with van der Waals surface area (Å²) in [6.45, 7) is 13.3. The first-order chi connectivity index (χ1) is 7.75. The molecule has 0 amide bonds. The molecule has 0 aromatic carbocycles. The maximum atomic E-state index is 6.04. The molecule has 1 heterocycles. The number of rotatable bonds is 5. The molecule has 17 heavy (non-hydrogen) atoms. The molecule has 1 aliphatic heterocycles. The van der Waals surface area contributed by atoms with E-state index in [4.69, 9.17) is 14.2 Å². The molecule has 0 N–H and O–H groups in total. The molecular formula is C13H27BO3. The lowest BCUT2D eigenvalue weighted by Gasteiger charge is -2.32. The molecule has 1 saturated heterocycles. The van der Waals surface area contributed by atoms with E-state index < -0.39 is 0 Å². The highest BCUT2D eigenvalue weighted by Gasteiger charge is 2.49. The molecular weight excluding hydrogens is 215 g/mol. The molecule has 0 aromatic heterocycles. The third-order valence-electron chi connectivity index (χ3n) is 3.51. The molecule has 100 valence electrons. The molecule has 4 heteroatoms. The Morgan fingerprint density at radius 1 is 1.18 bits per heavy atom. The van der Waals surface area contributed by atoms with Crippen molar-refractivity contribution in [3.63, 3.8) is 0 Å². The summed E-state index contributed by atoms with van der Waals surface area (Å²) in [4.78, 5) is 0. The van der Waals surface area contributed by atoms with E-state index in [0.717, 1.165) is 0 Å². The van der Waals surface area contributed by atoms with E-state index in [1.54, 1.807) is 0 Å². The lowest BCUT2D eigenvalue weighted by Crippen LogP contribution is -2.41. The zero-order valence-corrected chi connectivity index (χ0v) is 12.3. The summed E-state index contributed by atoms with van der Waals surface area (Å²) in [7, 11) is 2.12. The molecule has 3 unspecified atom stereocenters. The van der Waals surface area contributed by atoms with Crippen LogP contribution in [0.25, 0.3) is 0 Å². The Kier molecular flexibility index (Phi) is 5.05. The van der Waals surface area contributed by atoms with Crippen molar-refractivity contribution >= 4 is 7.85 Å². The van der Waals surface area contributed by atoms with E-state index in [-0.39, 0.29) is 35.8 Å². The summed E-state index contributed by atoms with van der Waals surface area (Å²) in [5.41, 5.74) is 0.0370. The second kappa shape index (κ2) is 5.72. The molecule has 0 saturated carbocycles. The van der Waals surface area contributed by atoms with Gasteiger partial charge in [-0.1, -0.05) is 13.8 Å². The average Bonchev–Trinajstić information content (AvgIpc) is 2.38. The maximum Gasteiger partial charge on any atom is 0.140 e. The van der Waals surface area contributed by atoms with Gasteiger partial charge < -0.3 is 14.2 Å². The van der Waals surface area contributed by atoms with Crippen LogP contribution < -0.4 is 0 Å². The van der Waals surface area contributed by atoms with Gasteiger partial charge in [0, 0.05) is 11.4 Å². The Balaban J connectivity index is 2.68. The van der Waals surface area contributed by atoms with Crippen molar-refractivity contribution in [2.24, 2.45) is 5.41 Å². The Labute approximate surface area is 107 Å². The van der Waals surface area contributed by atoms with E-state index in [2.05, 4.69) is 35.5 Å². The summed E-state index contributed by atoms with van der Waals surface area (Å²) in [6, 6.07) is 0.201. The van der Waals surface area contributed by atoms with Crippen LogP contribution in [-0.2, 0) is 14.2 Å². The van der Waals surface area contributed by atoms with Crippen LogP contribution in [0.1, 0.15) is 41.5 Å². The smallest absolute Gasteiger partial charge is 0.140 e. The van der Waals surface area contributed by atoms with Crippen molar-refractivity contribution in [1.82, 2.24) is 0 Å². The summed E-state index contributed by atoms with van der Waals surface area (Å²) < 4.78 is 17.7.